The fourth-order valence-electron chi connectivity index (χ4n) is 1.81. The van der Waals surface area contributed by atoms with Gasteiger partial charge in [0.15, 0.2) is 0 Å². The minimum absolute atomic E-state index is 0.00810. The number of rotatable bonds is 1. The van der Waals surface area contributed by atoms with Crippen molar-refractivity contribution in [3.63, 3.8) is 0 Å². The van der Waals surface area contributed by atoms with E-state index in [0.29, 0.717) is 5.92 Å². The van der Waals surface area contributed by atoms with Crippen molar-refractivity contribution in [3.05, 3.63) is 11.9 Å². The summed E-state index contributed by atoms with van der Waals surface area (Å²) in [5.74, 6) is 0.383. The van der Waals surface area contributed by atoms with Crippen LogP contribution in [0.15, 0.2) is 6.20 Å². The van der Waals surface area contributed by atoms with Crippen LogP contribution >= 0.6 is 0 Å². The zero-order chi connectivity index (χ0) is 11.1. The minimum Gasteiger partial charge on any atom is -0.396 e. The van der Waals surface area contributed by atoms with Crippen LogP contribution in [0.2, 0.25) is 0 Å². The van der Waals surface area contributed by atoms with Crippen molar-refractivity contribution in [1.29, 1.82) is 0 Å². The zero-order valence-electron chi connectivity index (χ0n) is 9.66. The van der Waals surface area contributed by atoms with E-state index in [2.05, 4.69) is 25.9 Å². The van der Waals surface area contributed by atoms with E-state index < -0.39 is 0 Å². The predicted octanol–water partition coefficient (Wildman–Crippen LogP) is 1.72. The average Bonchev–Trinajstić information content (AvgIpc) is 2.69. The molecule has 0 amide bonds. The van der Waals surface area contributed by atoms with Crippen LogP contribution in [0.3, 0.4) is 0 Å². The van der Waals surface area contributed by atoms with E-state index in [1.165, 1.54) is 0 Å². The maximum Gasteiger partial charge on any atom is 0.0908 e. The smallest absolute Gasteiger partial charge is 0.0908 e. The van der Waals surface area contributed by atoms with Crippen LogP contribution in [0.5, 0.6) is 0 Å². The normalized spacial score (nSPS) is 22.2. The van der Waals surface area contributed by atoms with Gasteiger partial charge in [0.2, 0.25) is 0 Å². The molecule has 1 saturated heterocycles. The van der Waals surface area contributed by atoms with Crippen LogP contribution < -0.4 is 5.73 Å². The van der Waals surface area contributed by atoms with Gasteiger partial charge in [0.25, 0.3) is 0 Å². The van der Waals surface area contributed by atoms with E-state index in [-0.39, 0.29) is 5.54 Å². The molecule has 1 fully saturated rings. The second kappa shape index (κ2) is 3.52. The molecule has 2 heterocycles. The Bertz CT molecular complexity index is 345. The van der Waals surface area contributed by atoms with Crippen molar-refractivity contribution in [2.24, 2.45) is 0 Å². The summed E-state index contributed by atoms with van der Waals surface area (Å²) in [4.78, 5) is 0. The first-order valence-corrected chi connectivity index (χ1v) is 5.42. The molecular formula is C11H19N3O. The van der Waals surface area contributed by atoms with Crippen LogP contribution in [0.4, 0.5) is 5.69 Å². The maximum absolute atomic E-state index is 5.98. The predicted molar refractivity (Wildman–Crippen MR) is 59.8 cm³/mol. The van der Waals surface area contributed by atoms with Crippen LogP contribution in [0.1, 0.15) is 38.8 Å². The average molecular weight is 209 g/mol. The Morgan fingerprint density at radius 1 is 1.53 bits per heavy atom. The molecule has 1 aliphatic rings. The van der Waals surface area contributed by atoms with Gasteiger partial charge in [0, 0.05) is 18.7 Å². The van der Waals surface area contributed by atoms with Gasteiger partial charge in [-0.15, -0.1) is 0 Å². The molecule has 1 aliphatic heterocycles. The third kappa shape index (κ3) is 2.00. The standard InChI is InChI=1S/C11H19N3O/c1-11(2,3)14-6-9(12)10(13-14)8-4-5-15-7-8/h6,8H,4-5,7,12H2,1-3H3. The van der Waals surface area contributed by atoms with Gasteiger partial charge in [-0.25, -0.2) is 0 Å². The van der Waals surface area contributed by atoms with Gasteiger partial charge in [-0.05, 0) is 27.2 Å². The summed E-state index contributed by atoms with van der Waals surface area (Å²) in [7, 11) is 0. The Kier molecular flexibility index (Phi) is 2.46. The molecule has 4 nitrogen and oxygen atoms in total. The fraction of sp³-hybridized carbons (Fsp3) is 0.727. The van der Waals surface area contributed by atoms with E-state index >= 15 is 0 Å². The van der Waals surface area contributed by atoms with Gasteiger partial charge in [-0.1, -0.05) is 0 Å². The monoisotopic (exact) mass is 209 g/mol. The third-order valence-electron chi connectivity index (χ3n) is 2.78. The van der Waals surface area contributed by atoms with Gasteiger partial charge in [0.1, 0.15) is 0 Å². The lowest BCUT2D eigenvalue weighted by molar-refractivity contribution is 0.193. The van der Waals surface area contributed by atoms with Crippen LogP contribution in [-0.4, -0.2) is 23.0 Å². The third-order valence-corrected chi connectivity index (χ3v) is 2.78. The lowest BCUT2D eigenvalue weighted by Gasteiger charge is -2.18. The molecule has 1 aromatic heterocycles. The molecule has 1 unspecified atom stereocenters. The summed E-state index contributed by atoms with van der Waals surface area (Å²) in [5.41, 5.74) is 7.77. The van der Waals surface area contributed by atoms with Crippen molar-refractivity contribution in [3.8, 4) is 0 Å². The molecule has 1 aromatic rings. The SMILES string of the molecule is CC(C)(C)n1cc(N)c(C2CCOC2)n1. The lowest BCUT2D eigenvalue weighted by Crippen LogP contribution is -2.22. The first-order valence-electron chi connectivity index (χ1n) is 5.42. The summed E-state index contributed by atoms with van der Waals surface area (Å²) in [6.07, 6.45) is 2.96. The van der Waals surface area contributed by atoms with Crippen LogP contribution in [-0.2, 0) is 10.3 Å². The highest BCUT2D eigenvalue weighted by atomic mass is 16.5. The van der Waals surface area contributed by atoms with Crippen molar-refractivity contribution in [2.75, 3.05) is 18.9 Å². The zero-order valence-corrected chi connectivity index (χ0v) is 9.66. The number of ether oxygens (including phenoxy) is 1. The highest BCUT2D eigenvalue weighted by molar-refractivity contribution is 5.43. The Balaban J connectivity index is 2.29. The van der Waals surface area contributed by atoms with Gasteiger partial charge >= 0.3 is 0 Å². The first kappa shape index (κ1) is 10.5. The molecule has 0 bridgehead atoms. The molecule has 0 aromatic carbocycles. The van der Waals surface area contributed by atoms with E-state index in [9.17, 15) is 0 Å². The Morgan fingerprint density at radius 2 is 2.27 bits per heavy atom. The largest absolute Gasteiger partial charge is 0.396 e. The van der Waals surface area contributed by atoms with Crippen LogP contribution in [0.25, 0.3) is 0 Å². The van der Waals surface area contributed by atoms with Gasteiger partial charge in [-0.2, -0.15) is 5.10 Å². The summed E-state index contributed by atoms with van der Waals surface area (Å²) < 4.78 is 7.30. The topological polar surface area (TPSA) is 53.1 Å². The van der Waals surface area contributed by atoms with Crippen molar-refractivity contribution < 1.29 is 4.74 Å². The number of nitrogens with two attached hydrogens (primary N) is 1. The molecule has 2 rings (SSSR count). The Labute approximate surface area is 90.4 Å². The quantitative estimate of drug-likeness (QED) is 0.766. The summed E-state index contributed by atoms with van der Waals surface area (Å²) in [6.45, 7) is 7.94. The molecule has 0 radical (unpaired) electrons. The Hall–Kier alpha value is -1.03. The fourth-order valence-corrected chi connectivity index (χ4v) is 1.81. The molecule has 0 spiro atoms. The number of hydrogen-bond donors (Lipinski definition) is 1. The molecular weight excluding hydrogens is 190 g/mol. The van der Waals surface area contributed by atoms with Crippen LogP contribution in [0, 0.1) is 0 Å². The highest BCUT2D eigenvalue weighted by Crippen LogP contribution is 2.29. The minimum atomic E-state index is -0.00810. The molecule has 0 aliphatic carbocycles. The van der Waals surface area contributed by atoms with Gasteiger partial charge in [-0.3, -0.25) is 4.68 Å². The van der Waals surface area contributed by atoms with E-state index in [1.54, 1.807) is 0 Å². The first-order chi connectivity index (χ1) is 6.98. The van der Waals surface area contributed by atoms with Crippen molar-refractivity contribution in [2.45, 2.75) is 38.6 Å². The number of nitrogens with zero attached hydrogens (tertiary/aromatic N) is 2. The highest BCUT2D eigenvalue weighted by Gasteiger charge is 2.25. The van der Waals surface area contributed by atoms with E-state index in [1.807, 2.05) is 10.9 Å². The van der Waals surface area contributed by atoms with Crippen molar-refractivity contribution in [1.82, 2.24) is 9.78 Å². The second-order valence-corrected chi connectivity index (χ2v) is 5.15. The molecule has 2 N–H and O–H groups in total. The Morgan fingerprint density at radius 3 is 2.73 bits per heavy atom. The van der Waals surface area contributed by atoms with Gasteiger partial charge < -0.3 is 10.5 Å². The summed E-state index contributed by atoms with van der Waals surface area (Å²) in [6, 6.07) is 0. The van der Waals surface area contributed by atoms with Gasteiger partial charge in [0.05, 0.1) is 23.5 Å². The summed E-state index contributed by atoms with van der Waals surface area (Å²) >= 11 is 0. The molecule has 4 heteroatoms. The number of hydrogen-bond acceptors (Lipinski definition) is 3. The van der Waals surface area contributed by atoms with Crippen molar-refractivity contribution >= 4 is 5.69 Å². The lowest BCUT2D eigenvalue weighted by atomic mass is 10.0. The second-order valence-electron chi connectivity index (χ2n) is 5.15. The van der Waals surface area contributed by atoms with E-state index in [0.717, 1.165) is 31.0 Å². The number of aromatic nitrogens is 2. The maximum atomic E-state index is 5.98. The molecule has 84 valence electrons. The molecule has 15 heavy (non-hydrogen) atoms. The number of anilines is 1. The molecule has 0 saturated carbocycles. The van der Waals surface area contributed by atoms with E-state index in [4.69, 9.17) is 10.5 Å². The summed E-state index contributed by atoms with van der Waals surface area (Å²) in [5, 5.41) is 4.57. The molecule has 1 atom stereocenters. The number of nitrogen functional groups attached to an aromatic ring is 1.